The van der Waals surface area contributed by atoms with Crippen molar-refractivity contribution in [3.8, 4) is 17.2 Å². The van der Waals surface area contributed by atoms with Crippen molar-refractivity contribution in [1.82, 2.24) is 24.4 Å². The zero-order valence-electron chi connectivity index (χ0n) is 23.7. The third kappa shape index (κ3) is 6.30. The number of carbonyl (C=O) groups is 2. The van der Waals surface area contributed by atoms with Crippen LogP contribution in [0.3, 0.4) is 0 Å². The minimum Gasteiger partial charge on any atom is -0.455 e. The van der Waals surface area contributed by atoms with E-state index in [1.54, 1.807) is 42.7 Å². The van der Waals surface area contributed by atoms with Crippen LogP contribution < -0.4 is 20.9 Å². The highest BCUT2D eigenvalue weighted by atomic mass is 19.1. The van der Waals surface area contributed by atoms with Crippen LogP contribution in [0.2, 0.25) is 0 Å². The minimum absolute atomic E-state index is 0.0528. The van der Waals surface area contributed by atoms with Gasteiger partial charge in [-0.25, -0.2) is 14.4 Å². The first-order valence-electron chi connectivity index (χ1n) is 14.0. The van der Waals surface area contributed by atoms with Gasteiger partial charge in [-0.1, -0.05) is 0 Å². The number of piperidine rings is 1. The van der Waals surface area contributed by atoms with E-state index in [0.29, 0.717) is 33.9 Å². The summed E-state index contributed by atoms with van der Waals surface area (Å²) in [5.41, 5.74) is 0.356. The minimum atomic E-state index is -0.643. The van der Waals surface area contributed by atoms with E-state index in [1.165, 1.54) is 47.3 Å². The number of anilines is 2. The van der Waals surface area contributed by atoms with Crippen LogP contribution in [-0.4, -0.2) is 56.4 Å². The lowest BCUT2D eigenvalue weighted by atomic mass is 9.96. The number of amides is 2. The van der Waals surface area contributed by atoms with E-state index < -0.39 is 17.3 Å². The summed E-state index contributed by atoms with van der Waals surface area (Å²) in [6.45, 7) is 1.76. The number of hydrogen-bond acceptors (Lipinski definition) is 8. The lowest BCUT2D eigenvalue weighted by Gasteiger charge is -2.27. The highest BCUT2D eigenvalue weighted by Gasteiger charge is 2.24. The number of nitrogens with zero attached hydrogens (tertiary/aromatic N) is 5. The molecule has 0 spiro atoms. The van der Waals surface area contributed by atoms with E-state index >= 15 is 0 Å². The molecule has 1 aromatic carbocycles. The van der Waals surface area contributed by atoms with E-state index in [9.17, 15) is 18.8 Å². The highest BCUT2D eigenvalue weighted by molar-refractivity contribution is 6.03. The summed E-state index contributed by atoms with van der Waals surface area (Å²) in [4.78, 5) is 53.9. The van der Waals surface area contributed by atoms with Crippen molar-refractivity contribution in [3.05, 3.63) is 107 Å². The fourth-order valence-corrected chi connectivity index (χ4v) is 4.98. The molecule has 2 amide bonds. The van der Waals surface area contributed by atoms with Gasteiger partial charge in [0, 0.05) is 29.4 Å². The van der Waals surface area contributed by atoms with Gasteiger partial charge in [0.25, 0.3) is 11.5 Å². The molecule has 0 saturated carbocycles. The van der Waals surface area contributed by atoms with Gasteiger partial charge in [-0.3, -0.25) is 23.9 Å². The SMILES string of the molecule is CN1CCC(C(=O)Nc2cc3c(Oc4ccc(NC(=O)c5cccn(-c6ccc(F)cc6)c5=O)nc4)ccnc3cn2)CC1. The maximum absolute atomic E-state index is 13.3. The Morgan fingerprint density at radius 3 is 2.45 bits per heavy atom. The Hall–Kier alpha value is -5.49. The first-order valence-corrected chi connectivity index (χ1v) is 14.0. The summed E-state index contributed by atoms with van der Waals surface area (Å²) < 4.78 is 20.6. The molecule has 0 atom stereocenters. The second kappa shape index (κ2) is 12.4. The molecular weight excluding hydrogens is 565 g/mol. The number of rotatable bonds is 7. The van der Waals surface area contributed by atoms with Crippen molar-refractivity contribution in [2.75, 3.05) is 30.8 Å². The normalized spacial score (nSPS) is 13.9. The van der Waals surface area contributed by atoms with Crippen molar-refractivity contribution >= 4 is 34.4 Å². The number of fused-ring (bicyclic) bond motifs is 1. The van der Waals surface area contributed by atoms with Gasteiger partial charge in [-0.2, -0.15) is 0 Å². The van der Waals surface area contributed by atoms with Crippen LogP contribution in [0.1, 0.15) is 23.2 Å². The van der Waals surface area contributed by atoms with Crippen LogP contribution in [0.25, 0.3) is 16.6 Å². The van der Waals surface area contributed by atoms with Gasteiger partial charge >= 0.3 is 0 Å². The van der Waals surface area contributed by atoms with Crippen molar-refractivity contribution in [2.24, 2.45) is 5.92 Å². The second-order valence-electron chi connectivity index (χ2n) is 10.5. The second-order valence-corrected chi connectivity index (χ2v) is 10.5. The molecule has 222 valence electrons. The number of pyridine rings is 4. The Morgan fingerprint density at radius 2 is 1.70 bits per heavy atom. The van der Waals surface area contributed by atoms with Gasteiger partial charge in [-0.15, -0.1) is 0 Å². The maximum Gasteiger partial charge on any atom is 0.267 e. The summed E-state index contributed by atoms with van der Waals surface area (Å²) in [5, 5.41) is 6.20. The van der Waals surface area contributed by atoms with Crippen LogP contribution >= 0.6 is 0 Å². The summed E-state index contributed by atoms with van der Waals surface area (Å²) >= 11 is 0. The Balaban J connectivity index is 1.15. The molecule has 44 heavy (non-hydrogen) atoms. The third-order valence-corrected chi connectivity index (χ3v) is 7.43. The van der Waals surface area contributed by atoms with Crippen molar-refractivity contribution in [3.63, 3.8) is 0 Å². The number of halogens is 1. The summed E-state index contributed by atoms with van der Waals surface area (Å²) in [7, 11) is 2.05. The monoisotopic (exact) mass is 593 g/mol. The smallest absolute Gasteiger partial charge is 0.267 e. The predicted octanol–water partition coefficient (Wildman–Crippen LogP) is 4.64. The fourth-order valence-electron chi connectivity index (χ4n) is 4.98. The molecule has 0 radical (unpaired) electrons. The van der Waals surface area contributed by atoms with E-state index in [4.69, 9.17) is 4.74 Å². The summed E-state index contributed by atoms with van der Waals surface area (Å²) in [6.07, 6.45) is 7.72. The molecule has 5 aromatic rings. The van der Waals surface area contributed by atoms with E-state index in [2.05, 4.69) is 30.5 Å². The Kier molecular flexibility index (Phi) is 8.06. The standard InChI is InChI=1S/C32H28FN7O4/c1-39-15-11-20(12-16-39)30(41)38-29-17-25-26(19-36-29)34-13-10-27(25)44-23-8-9-28(35-18-23)37-31(42)24-3-2-14-40(32(24)43)22-6-4-21(33)5-7-22/h2-10,13-14,17-20H,11-12,15-16H2,1H3,(H,35,37,42)(H,36,38,41). The first kappa shape index (κ1) is 28.6. The third-order valence-electron chi connectivity index (χ3n) is 7.43. The number of ether oxygens (including phenoxy) is 1. The van der Waals surface area contributed by atoms with Crippen LogP contribution in [0.4, 0.5) is 16.0 Å². The number of likely N-dealkylation sites (tertiary alicyclic amines) is 1. The van der Waals surface area contributed by atoms with Gasteiger partial charge in [0.2, 0.25) is 5.91 Å². The largest absolute Gasteiger partial charge is 0.455 e. The van der Waals surface area contributed by atoms with Gasteiger partial charge < -0.3 is 20.3 Å². The summed E-state index contributed by atoms with van der Waals surface area (Å²) in [6, 6.07) is 14.9. The average Bonchev–Trinajstić information content (AvgIpc) is 3.03. The van der Waals surface area contributed by atoms with Crippen LogP contribution in [0.15, 0.2) is 90.2 Å². The van der Waals surface area contributed by atoms with Gasteiger partial charge in [0.05, 0.1) is 17.9 Å². The average molecular weight is 594 g/mol. The molecule has 11 nitrogen and oxygen atoms in total. The molecule has 1 fully saturated rings. The van der Waals surface area contributed by atoms with E-state index in [0.717, 1.165) is 25.9 Å². The van der Waals surface area contributed by atoms with Crippen LogP contribution in [-0.2, 0) is 4.79 Å². The summed E-state index contributed by atoms with van der Waals surface area (Å²) in [5.74, 6) is 0.310. The van der Waals surface area contributed by atoms with Crippen LogP contribution in [0.5, 0.6) is 11.5 Å². The predicted molar refractivity (Wildman–Crippen MR) is 163 cm³/mol. The molecule has 5 heterocycles. The molecule has 12 heteroatoms. The number of aromatic nitrogens is 4. The molecule has 1 saturated heterocycles. The number of hydrogen-bond donors (Lipinski definition) is 2. The molecule has 0 aliphatic carbocycles. The lowest BCUT2D eigenvalue weighted by Crippen LogP contribution is -2.36. The zero-order valence-corrected chi connectivity index (χ0v) is 23.7. The zero-order chi connectivity index (χ0) is 30.6. The van der Waals surface area contributed by atoms with Gasteiger partial charge in [-0.05, 0) is 93.6 Å². The van der Waals surface area contributed by atoms with Crippen molar-refractivity contribution in [1.29, 1.82) is 0 Å². The molecule has 0 unspecified atom stereocenters. The molecule has 4 aromatic heterocycles. The Morgan fingerprint density at radius 1 is 0.932 bits per heavy atom. The highest BCUT2D eigenvalue weighted by Crippen LogP contribution is 2.30. The quantitative estimate of drug-likeness (QED) is 0.279. The van der Waals surface area contributed by atoms with Gasteiger partial charge in [0.1, 0.15) is 34.5 Å². The molecule has 6 rings (SSSR count). The Labute approximate surface area is 251 Å². The molecule has 1 aliphatic rings. The topological polar surface area (TPSA) is 131 Å². The molecule has 0 bridgehead atoms. The Bertz CT molecular complexity index is 1890. The maximum atomic E-state index is 13.3. The number of carbonyl (C=O) groups excluding carboxylic acids is 2. The van der Waals surface area contributed by atoms with Crippen molar-refractivity contribution < 1.29 is 18.7 Å². The number of nitrogens with one attached hydrogen (secondary N) is 2. The molecular formula is C32H28FN7O4. The van der Waals surface area contributed by atoms with Crippen LogP contribution in [0, 0.1) is 11.7 Å². The van der Waals surface area contributed by atoms with E-state index in [-0.39, 0.29) is 23.2 Å². The fraction of sp³-hybridized carbons (Fsp3) is 0.188. The van der Waals surface area contributed by atoms with E-state index in [1.807, 2.05) is 7.05 Å². The lowest BCUT2D eigenvalue weighted by molar-refractivity contribution is -0.121. The van der Waals surface area contributed by atoms with Crippen molar-refractivity contribution in [2.45, 2.75) is 12.8 Å². The first-order chi connectivity index (χ1) is 21.3. The van der Waals surface area contributed by atoms with Gasteiger partial charge in [0.15, 0.2) is 0 Å². The number of benzene rings is 1. The molecule has 1 aliphatic heterocycles. The molecule has 2 N–H and O–H groups in total.